The minimum Gasteiger partial charge on any atom is -0.326 e. The summed E-state index contributed by atoms with van der Waals surface area (Å²) in [5.41, 5.74) is 5.90. The summed E-state index contributed by atoms with van der Waals surface area (Å²) in [5, 5.41) is 3.51. The van der Waals surface area contributed by atoms with Crippen molar-refractivity contribution in [3.8, 4) is 0 Å². The number of nitrogens with two attached hydrogens (primary N) is 1. The van der Waals surface area contributed by atoms with Gasteiger partial charge in [-0.05, 0) is 25.8 Å². The predicted molar refractivity (Wildman–Crippen MR) is 48.5 cm³/mol. The van der Waals surface area contributed by atoms with Crippen molar-refractivity contribution in [1.82, 2.24) is 5.32 Å². The van der Waals surface area contributed by atoms with E-state index in [9.17, 15) is 0 Å². The number of nitrogens with one attached hydrogen (secondary N) is 1. The Labute approximate surface area is 69.5 Å². The van der Waals surface area contributed by atoms with Crippen molar-refractivity contribution in [2.45, 2.75) is 51.1 Å². The summed E-state index contributed by atoms with van der Waals surface area (Å²) in [5.74, 6) is 0. The highest BCUT2D eigenvalue weighted by atomic mass is 15.0. The van der Waals surface area contributed by atoms with Crippen molar-refractivity contribution in [3.63, 3.8) is 0 Å². The first kappa shape index (κ1) is 9.01. The maximum atomic E-state index is 5.90. The summed E-state index contributed by atoms with van der Waals surface area (Å²) in [6, 6.07) is 1.04. The lowest BCUT2D eigenvalue weighted by atomic mass is 10.2. The molecule has 0 heterocycles. The molecule has 0 radical (unpaired) electrons. The van der Waals surface area contributed by atoms with Crippen molar-refractivity contribution in [2.75, 3.05) is 6.54 Å². The summed E-state index contributed by atoms with van der Waals surface area (Å²) < 4.78 is 0. The topological polar surface area (TPSA) is 38.0 Å². The molecule has 1 aliphatic carbocycles. The van der Waals surface area contributed by atoms with E-state index in [-0.39, 0.29) is 0 Å². The minimum atomic E-state index is 0.423. The van der Waals surface area contributed by atoms with E-state index < -0.39 is 0 Å². The first-order chi connectivity index (χ1) is 5.34. The van der Waals surface area contributed by atoms with Crippen LogP contribution in [-0.4, -0.2) is 18.6 Å². The van der Waals surface area contributed by atoms with Crippen LogP contribution in [-0.2, 0) is 0 Å². The molecular formula is C9H20N2. The molecule has 0 aliphatic heterocycles. The number of unbranched alkanes of at least 4 members (excludes halogenated alkanes) is 1. The van der Waals surface area contributed by atoms with Crippen LogP contribution >= 0.6 is 0 Å². The van der Waals surface area contributed by atoms with E-state index >= 15 is 0 Å². The molecule has 1 aliphatic rings. The van der Waals surface area contributed by atoms with Gasteiger partial charge >= 0.3 is 0 Å². The van der Waals surface area contributed by atoms with Gasteiger partial charge in [-0.25, -0.2) is 0 Å². The molecule has 0 aromatic rings. The number of hydrogen-bond donors (Lipinski definition) is 2. The molecule has 0 saturated heterocycles. The summed E-state index contributed by atoms with van der Waals surface area (Å²) in [6.45, 7) is 3.37. The predicted octanol–water partition coefficient (Wildman–Crippen LogP) is 1.26. The molecule has 11 heavy (non-hydrogen) atoms. The van der Waals surface area contributed by atoms with Crippen LogP contribution in [0.2, 0.25) is 0 Å². The van der Waals surface area contributed by atoms with Crippen LogP contribution in [0.4, 0.5) is 0 Å². The van der Waals surface area contributed by atoms with Gasteiger partial charge in [-0.15, -0.1) is 0 Å². The molecule has 0 spiro atoms. The lowest BCUT2D eigenvalue weighted by molar-refractivity contribution is 0.469. The third-order valence-corrected chi connectivity index (χ3v) is 2.51. The summed E-state index contributed by atoms with van der Waals surface area (Å²) in [7, 11) is 0. The van der Waals surface area contributed by atoms with Crippen molar-refractivity contribution >= 4 is 0 Å². The summed E-state index contributed by atoms with van der Waals surface area (Å²) in [4.78, 5) is 0. The molecular weight excluding hydrogens is 136 g/mol. The molecule has 0 unspecified atom stereocenters. The fourth-order valence-corrected chi connectivity index (χ4v) is 1.71. The third-order valence-electron chi connectivity index (χ3n) is 2.51. The lowest BCUT2D eigenvalue weighted by Crippen LogP contribution is -2.41. The van der Waals surface area contributed by atoms with Gasteiger partial charge in [-0.2, -0.15) is 0 Å². The van der Waals surface area contributed by atoms with Crippen LogP contribution in [0.15, 0.2) is 0 Å². The molecule has 0 amide bonds. The number of hydrogen-bond acceptors (Lipinski definition) is 2. The van der Waals surface area contributed by atoms with Crippen LogP contribution in [0.25, 0.3) is 0 Å². The number of rotatable bonds is 4. The zero-order chi connectivity index (χ0) is 8.10. The monoisotopic (exact) mass is 156 g/mol. The molecule has 1 rings (SSSR count). The molecule has 1 fully saturated rings. The standard InChI is InChI=1S/C9H20N2/c1-2-3-7-11-9-6-4-5-8(9)10/h8-9,11H,2-7,10H2,1H3/t8-,9+/m1/s1. The molecule has 66 valence electrons. The Bertz CT molecular complexity index is 104. The summed E-state index contributed by atoms with van der Waals surface area (Å²) in [6.07, 6.45) is 6.36. The second-order valence-corrected chi connectivity index (χ2v) is 3.51. The second-order valence-electron chi connectivity index (χ2n) is 3.51. The van der Waals surface area contributed by atoms with Crippen LogP contribution in [0, 0.1) is 0 Å². The lowest BCUT2D eigenvalue weighted by Gasteiger charge is -2.16. The Hall–Kier alpha value is -0.0800. The van der Waals surface area contributed by atoms with Gasteiger partial charge in [0.05, 0.1) is 0 Å². The normalized spacial score (nSPS) is 31.1. The Balaban J connectivity index is 2.05. The highest BCUT2D eigenvalue weighted by Crippen LogP contribution is 2.16. The van der Waals surface area contributed by atoms with E-state index in [0.717, 1.165) is 6.54 Å². The Morgan fingerprint density at radius 3 is 2.82 bits per heavy atom. The molecule has 1 saturated carbocycles. The van der Waals surface area contributed by atoms with Gasteiger partial charge in [0.1, 0.15) is 0 Å². The second kappa shape index (κ2) is 4.73. The maximum absolute atomic E-state index is 5.90. The van der Waals surface area contributed by atoms with E-state index in [1.165, 1.54) is 32.1 Å². The highest BCUT2D eigenvalue weighted by Gasteiger charge is 2.22. The van der Waals surface area contributed by atoms with E-state index in [4.69, 9.17) is 5.73 Å². The fraction of sp³-hybridized carbons (Fsp3) is 1.00. The van der Waals surface area contributed by atoms with Crippen LogP contribution in [0.3, 0.4) is 0 Å². The Morgan fingerprint density at radius 1 is 1.45 bits per heavy atom. The largest absolute Gasteiger partial charge is 0.326 e. The van der Waals surface area contributed by atoms with Crippen LogP contribution < -0.4 is 11.1 Å². The molecule has 2 nitrogen and oxygen atoms in total. The maximum Gasteiger partial charge on any atom is 0.0219 e. The van der Waals surface area contributed by atoms with Crippen LogP contribution in [0.5, 0.6) is 0 Å². The van der Waals surface area contributed by atoms with Gasteiger partial charge in [0.15, 0.2) is 0 Å². The van der Waals surface area contributed by atoms with Gasteiger partial charge in [0.25, 0.3) is 0 Å². The van der Waals surface area contributed by atoms with Crippen molar-refractivity contribution in [2.24, 2.45) is 5.73 Å². The minimum absolute atomic E-state index is 0.423. The zero-order valence-corrected chi connectivity index (χ0v) is 7.47. The van der Waals surface area contributed by atoms with Crippen LogP contribution in [0.1, 0.15) is 39.0 Å². The van der Waals surface area contributed by atoms with Crippen molar-refractivity contribution < 1.29 is 0 Å². The van der Waals surface area contributed by atoms with Crippen molar-refractivity contribution in [3.05, 3.63) is 0 Å². The SMILES string of the molecule is CCCCN[C@H]1CCC[C@H]1N. The average Bonchev–Trinajstić information content (AvgIpc) is 2.37. The highest BCUT2D eigenvalue weighted by molar-refractivity contribution is 4.85. The van der Waals surface area contributed by atoms with Gasteiger partial charge in [-0.1, -0.05) is 19.8 Å². The summed E-state index contributed by atoms with van der Waals surface area (Å²) >= 11 is 0. The zero-order valence-electron chi connectivity index (χ0n) is 7.47. The molecule has 0 aromatic carbocycles. The third kappa shape index (κ3) is 2.80. The molecule has 2 heteroatoms. The Kier molecular flexibility index (Phi) is 3.87. The van der Waals surface area contributed by atoms with Crippen molar-refractivity contribution in [1.29, 1.82) is 0 Å². The first-order valence-electron chi connectivity index (χ1n) is 4.83. The first-order valence-corrected chi connectivity index (χ1v) is 4.83. The van der Waals surface area contributed by atoms with E-state index in [1.807, 2.05) is 0 Å². The quantitative estimate of drug-likeness (QED) is 0.601. The molecule has 3 N–H and O–H groups in total. The molecule has 0 bridgehead atoms. The van der Waals surface area contributed by atoms with E-state index in [0.29, 0.717) is 12.1 Å². The molecule has 2 atom stereocenters. The van der Waals surface area contributed by atoms with Gasteiger partial charge in [0, 0.05) is 12.1 Å². The van der Waals surface area contributed by atoms with E-state index in [1.54, 1.807) is 0 Å². The van der Waals surface area contributed by atoms with Gasteiger partial charge in [-0.3, -0.25) is 0 Å². The van der Waals surface area contributed by atoms with Gasteiger partial charge < -0.3 is 11.1 Å². The van der Waals surface area contributed by atoms with E-state index in [2.05, 4.69) is 12.2 Å². The Morgan fingerprint density at radius 2 is 2.27 bits per heavy atom. The fourth-order valence-electron chi connectivity index (χ4n) is 1.71. The van der Waals surface area contributed by atoms with Gasteiger partial charge in [0.2, 0.25) is 0 Å². The smallest absolute Gasteiger partial charge is 0.0219 e. The average molecular weight is 156 g/mol. The molecule has 0 aromatic heterocycles.